The van der Waals surface area contributed by atoms with Crippen LogP contribution in [-0.4, -0.2) is 62.2 Å². The highest BCUT2D eigenvalue weighted by atomic mass is 19.3. The van der Waals surface area contributed by atoms with Gasteiger partial charge in [0.2, 0.25) is 5.91 Å². The Morgan fingerprint density at radius 1 is 1.07 bits per heavy atom. The molecule has 0 saturated carbocycles. The second-order valence-corrected chi connectivity index (χ2v) is 6.97. The molecule has 0 bridgehead atoms. The number of benzene rings is 2. The Balaban J connectivity index is 1.47. The minimum absolute atomic E-state index is 0.00498. The van der Waals surface area contributed by atoms with Crippen LogP contribution in [0.15, 0.2) is 42.5 Å². The minimum atomic E-state index is -2.91. The summed E-state index contributed by atoms with van der Waals surface area (Å²) in [5, 5.41) is 2.70. The molecule has 1 saturated heterocycles. The monoisotopic (exact) mass is 423 g/mol. The molecule has 1 amide bonds. The summed E-state index contributed by atoms with van der Waals surface area (Å²) in [5.74, 6) is -0.314. The van der Waals surface area contributed by atoms with E-state index in [1.807, 2.05) is 4.90 Å². The predicted octanol–water partition coefficient (Wildman–Crippen LogP) is 3.19. The molecule has 0 spiro atoms. The number of alkyl halides is 2. The number of hydrogen-bond donors (Lipinski definition) is 1. The molecule has 0 aliphatic carbocycles. The number of carbonyl (C=O) groups is 1. The molecule has 1 heterocycles. The quantitative estimate of drug-likeness (QED) is 0.707. The average molecular weight is 423 g/mol. The highest BCUT2D eigenvalue weighted by molar-refractivity contribution is 5.92. The first kappa shape index (κ1) is 21.9. The first-order valence-electron chi connectivity index (χ1n) is 9.55. The molecule has 162 valence electrons. The lowest BCUT2D eigenvalue weighted by Gasteiger charge is -2.34. The summed E-state index contributed by atoms with van der Waals surface area (Å²) < 4.78 is 47.7. The van der Waals surface area contributed by atoms with E-state index in [1.165, 1.54) is 25.3 Å². The van der Waals surface area contributed by atoms with E-state index in [4.69, 9.17) is 4.74 Å². The van der Waals surface area contributed by atoms with Crippen LogP contribution in [0.25, 0.3) is 0 Å². The number of piperazine rings is 1. The number of halogens is 3. The Bertz CT molecular complexity index is 858. The van der Waals surface area contributed by atoms with Crippen molar-refractivity contribution in [3.8, 4) is 11.5 Å². The van der Waals surface area contributed by atoms with Crippen molar-refractivity contribution in [1.29, 1.82) is 0 Å². The van der Waals surface area contributed by atoms with Crippen molar-refractivity contribution < 1.29 is 27.4 Å². The maximum Gasteiger partial charge on any atom is 0.387 e. The van der Waals surface area contributed by atoms with Gasteiger partial charge in [-0.15, -0.1) is 0 Å². The molecule has 2 aromatic carbocycles. The molecular weight excluding hydrogens is 399 g/mol. The van der Waals surface area contributed by atoms with Gasteiger partial charge in [0.05, 0.1) is 13.7 Å². The van der Waals surface area contributed by atoms with Crippen molar-refractivity contribution in [3.63, 3.8) is 0 Å². The highest BCUT2D eigenvalue weighted by Crippen LogP contribution is 2.30. The number of amides is 1. The van der Waals surface area contributed by atoms with Crippen molar-refractivity contribution in [1.82, 2.24) is 9.80 Å². The molecule has 9 heteroatoms. The van der Waals surface area contributed by atoms with Crippen LogP contribution < -0.4 is 14.8 Å². The fourth-order valence-corrected chi connectivity index (χ4v) is 3.34. The van der Waals surface area contributed by atoms with Crippen LogP contribution in [0.3, 0.4) is 0 Å². The average Bonchev–Trinajstić information content (AvgIpc) is 2.70. The second-order valence-electron chi connectivity index (χ2n) is 6.97. The number of anilines is 1. The fraction of sp³-hybridized carbons (Fsp3) is 0.381. The summed E-state index contributed by atoms with van der Waals surface area (Å²) in [4.78, 5) is 16.4. The molecule has 1 N–H and O–H groups in total. The molecule has 0 radical (unpaired) electrons. The van der Waals surface area contributed by atoms with Crippen LogP contribution in [0.4, 0.5) is 18.9 Å². The number of hydrogen-bond acceptors (Lipinski definition) is 5. The lowest BCUT2D eigenvalue weighted by atomic mass is 10.1. The Hall–Kier alpha value is -2.78. The first-order valence-corrected chi connectivity index (χ1v) is 9.55. The van der Waals surface area contributed by atoms with Crippen LogP contribution in [0.1, 0.15) is 5.56 Å². The van der Waals surface area contributed by atoms with Crippen molar-refractivity contribution in [2.75, 3.05) is 45.2 Å². The van der Waals surface area contributed by atoms with Gasteiger partial charge in [0.15, 0.2) is 11.5 Å². The molecule has 1 fully saturated rings. The number of methoxy groups -OCH3 is 1. The summed E-state index contributed by atoms with van der Waals surface area (Å²) in [6.45, 7) is 0.888. The van der Waals surface area contributed by atoms with Gasteiger partial charge in [0, 0.05) is 38.4 Å². The Kier molecular flexibility index (Phi) is 7.53. The lowest BCUT2D eigenvalue weighted by Crippen LogP contribution is -2.48. The van der Waals surface area contributed by atoms with E-state index in [2.05, 4.69) is 15.0 Å². The van der Waals surface area contributed by atoms with Crippen LogP contribution in [0.2, 0.25) is 0 Å². The minimum Gasteiger partial charge on any atom is -0.493 e. The van der Waals surface area contributed by atoms with Gasteiger partial charge < -0.3 is 14.8 Å². The summed E-state index contributed by atoms with van der Waals surface area (Å²) in [6.07, 6.45) is 0. The maximum atomic E-state index is 13.2. The number of nitrogens with zero attached hydrogens (tertiary/aromatic N) is 2. The topological polar surface area (TPSA) is 54.0 Å². The van der Waals surface area contributed by atoms with Crippen LogP contribution in [0, 0.1) is 5.82 Å². The normalized spacial score (nSPS) is 15.2. The molecule has 0 aromatic heterocycles. The first-order chi connectivity index (χ1) is 14.4. The predicted molar refractivity (Wildman–Crippen MR) is 106 cm³/mol. The molecule has 3 rings (SSSR count). The largest absolute Gasteiger partial charge is 0.493 e. The van der Waals surface area contributed by atoms with Crippen molar-refractivity contribution in [2.45, 2.75) is 13.2 Å². The van der Waals surface area contributed by atoms with Gasteiger partial charge in [-0.25, -0.2) is 4.39 Å². The van der Waals surface area contributed by atoms with Crippen LogP contribution in [-0.2, 0) is 11.3 Å². The van der Waals surface area contributed by atoms with E-state index in [0.717, 1.165) is 18.7 Å². The van der Waals surface area contributed by atoms with E-state index >= 15 is 0 Å². The van der Waals surface area contributed by atoms with Gasteiger partial charge in [-0.05, 0) is 35.9 Å². The van der Waals surface area contributed by atoms with E-state index in [9.17, 15) is 18.0 Å². The number of rotatable bonds is 8. The fourth-order valence-electron chi connectivity index (χ4n) is 3.34. The summed E-state index contributed by atoms with van der Waals surface area (Å²) in [7, 11) is 1.41. The van der Waals surface area contributed by atoms with Crippen molar-refractivity contribution in [3.05, 3.63) is 53.8 Å². The van der Waals surface area contributed by atoms with E-state index < -0.39 is 12.4 Å². The molecule has 6 nitrogen and oxygen atoms in total. The zero-order chi connectivity index (χ0) is 21.5. The van der Waals surface area contributed by atoms with E-state index in [0.29, 0.717) is 25.3 Å². The van der Waals surface area contributed by atoms with Gasteiger partial charge in [-0.2, -0.15) is 8.78 Å². The second kappa shape index (κ2) is 10.3. The molecule has 0 atom stereocenters. The zero-order valence-electron chi connectivity index (χ0n) is 16.6. The standard InChI is InChI=1S/C21H24F3N3O3/c1-29-19-11-15(5-6-18(19)30-21(23)24)13-26-7-9-27(10-8-26)14-20(28)25-17-4-2-3-16(22)12-17/h2-6,11-12,21H,7-10,13-14H2,1H3,(H,25,28). The number of carbonyl (C=O) groups excluding carboxylic acids is 1. The van der Waals surface area contributed by atoms with Crippen molar-refractivity contribution >= 4 is 11.6 Å². The third-order valence-electron chi connectivity index (χ3n) is 4.79. The number of ether oxygens (including phenoxy) is 2. The summed E-state index contributed by atoms with van der Waals surface area (Å²) >= 11 is 0. The molecular formula is C21H24F3N3O3. The van der Waals surface area contributed by atoms with E-state index in [1.54, 1.807) is 24.3 Å². The summed E-state index contributed by atoms with van der Waals surface area (Å²) in [5.41, 5.74) is 1.36. The Labute approximate surface area is 173 Å². The van der Waals surface area contributed by atoms with Gasteiger partial charge >= 0.3 is 6.61 Å². The Morgan fingerprint density at radius 2 is 1.80 bits per heavy atom. The smallest absolute Gasteiger partial charge is 0.387 e. The molecule has 0 unspecified atom stereocenters. The van der Waals surface area contributed by atoms with Gasteiger partial charge in [0.1, 0.15) is 5.82 Å². The highest BCUT2D eigenvalue weighted by Gasteiger charge is 2.20. The number of nitrogens with one attached hydrogen (secondary N) is 1. The van der Waals surface area contributed by atoms with Crippen LogP contribution >= 0.6 is 0 Å². The third-order valence-corrected chi connectivity index (χ3v) is 4.79. The molecule has 1 aliphatic rings. The van der Waals surface area contributed by atoms with Gasteiger partial charge in [0.25, 0.3) is 0 Å². The Morgan fingerprint density at radius 3 is 2.47 bits per heavy atom. The third kappa shape index (κ3) is 6.36. The lowest BCUT2D eigenvalue weighted by molar-refractivity contribution is -0.117. The van der Waals surface area contributed by atoms with Crippen LogP contribution in [0.5, 0.6) is 11.5 Å². The molecule has 30 heavy (non-hydrogen) atoms. The zero-order valence-corrected chi connectivity index (χ0v) is 16.6. The van der Waals surface area contributed by atoms with Crippen molar-refractivity contribution in [2.24, 2.45) is 0 Å². The van der Waals surface area contributed by atoms with E-state index in [-0.39, 0.29) is 24.0 Å². The molecule has 2 aromatic rings. The molecule has 1 aliphatic heterocycles. The summed E-state index contributed by atoms with van der Waals surface area (Å²) in [6, 6.07) is 10.7. The maximum absolute atomic E-state index is 13.2. The van der Waals surface area contributed by atoms with Gasteiger partial charge in [-0.1, -0.05) is 12.1 Å². The van der Waals surface area contributed by atoms with Gasteiger partial charge in [-0.3, -0.25) is 14.6 Å². The SMILES string of the molecule is COc1cc(CN2CCN(CC(=O)Nc3cccc(F)c3)CC2)ccc1OC(F)F.